The Labute approximate surface area is 120 Å². The molecule has 3 heteroatoms. The van der Waals surface area contributed by atoms with Gasteiger partial charge < -0.3 is 0 Å². The highest BCUT2D eigenvalue weighted by atomic mass is 32.2. The minimum Gasteiger partial charge on any atom is -0.291 e. The number of hydrogen-bond acceptors (Lipinski definition) is 3. The first-order valence-corrected chi connectivity index (χ1v) is 7.67. The number of thioether (sulfide) groups is 1. The molecule has 2 aliphatic rings. The molecule has 0 bridgehead atoms. The molecule has 0 N–H and O–H groups in total. The molecular formula is C16H22N2S. The zero-order valence-electron chi connectivity index (χ0n) is 11.9. The maximum Gasteiger partial charge on any atom is 0.0600 e. The molecule has 2 nitrogen and oxygen atoms in total. The third-order valence-corrected chi connectivity index (χ3v) is 4.60. The highest BCUT2D eigenvalue weighted by molar-refractivity contribution is 8.03. The van der Waals surface area contributed by atoms with Gasteiger partial charge in [-0.2, -0.15) is 0 Å². The van der Waals surface area contributed by atoms with Crippen LogP contribution in [0.4, 0.5) is 0 Å². The number of allylic oxidation sites excluding steroid dienone is 3. The van der Waals surface area contributed by atoms with E-state index in [0.717, 1.165) is 30.2 Å². The summed E-state index contributed by atoms with van der Waals surface area (Å²) < 4.78 is 0. The van der Waals surface area contributed by atoms with Crippen LogP contribution in [0.1, 0.15) is 19.8 Å². The van der Waals surface area contributed by atoms with E-state index in [1.165, 1.54) is 16.9 Å². The van der Waals surface area contributed by atoms with Crippen LogP contribution in [0, 0.1) is 0 Å². The molecule has 102 valence electrons. The topological polar surface area (TPSA) is 15.6 Å². The molecule has 0 unspecified atom stereocenters. The summed E-state index contributed by atoms with van der Waals surface area (Å²) in [5.41, 5.74) is 3.70. The smallest absolute Gasteiger partial charge is 0.0600 e. The van der Waals surface area contributed by atoms with Gasteiger partial charge in [0.05, 0.1) is 6.54 Å². The second-order valence-electron chi connectivity index (χ2n) is 5.21. The Bertz CT molecular complexity index is 471. The molecule has 0 aliphatic carbocycles. The van der Waals surface area contributed by atoms with Crippen molar-refractivity contribution in [1.29, 1.82) is 0 Å². The van der Waals surface area contributed by atoms with Crippen LogP contribution >= 0.6 is 11.8 Å². The lowest BCUT2D eigenvalue weighted by Gasteiger charge is -2.22. The first kappa shape index (κ1) is 14.4. The number of aliphatic imine (C=N–C) groups is 1. The molecule has 0 radical (unpaired) electrons. The van der Waals surface area contributed by atoms with Crippen LogP contribution < -0.4 is 0 Å². The average Bonchev–Trinajstić information content (AvgIpc) is 2.46. The molecule has 0 spiro atoms. The standard InChI is InChI=1S/C16H22N2S/c1-12-5-8-16(17-10-12)15-7-6-14(3)19-11-18(4)13(2)9-15/h6-7,9,13H,1,3,5,8,10-11H2,2,4H3/b7-6-,15-9+/t13-/m1/s1. The van der Waals surface area contributed by atoms with E-state index in [1.54, 1.807) is 11.8 Å². The van der Waals surface area contributed by atoms with Gasteiger partial charge in [-0.15, -0.1) is 11.8 Å². The van der Waals surface area contributed by atoms with Gasteiger partial charge in [0.25, 0.3) is 0 Å². The molecule has 1 atom stereocenters. The van der Waals surface area contributed by atoms with Crippen molar-refractivity contribution < 1.29 is 0 Å². The number of nitrogens with zero attached hydrogens (tertiary/aromatic N) is 2. The maximum atomic E-state index is 4.66. The second kappa shape index (κ2) is 6.40. The van der Waals surface area contributed by atoms with Crippen LogP contribution in [0.5, 0.6) is 0 Å². The fourth-order valence-corrected chi connectivity index (χ4v) is 2.83. The Morgan fingerprint density at radius 1 is 1.32 bits per heavy atom. The van der Waals surface area contributed by atoms with E-state index in [0.29, 0.717) is 6.04 Å². The SMILES string of the molecule is C=C1CCC(C2=C/[C@@H](C)N(C)CSC(=C)/C=C\2)=NC1. The van der Waals surface area contributed by atoms with Crippen LogP contribution in [0.3, 0.4) is 0 Å². The Kier molecular flexibility index (Phi) is 4.83. The molecule has 0 aromatic rings. The van der Waals surface area contributed by atoms with Crippen LogP contribution in [0.2, 0.25) is 0 Å². The lowest BCUT2D eigenvalue weighted by molar-refractivity contribution is 0.349. The third-order valence-electron chi connectivity index (χ3n) is 3.56. The number of hydrogen-bond donors (Lipinski definition) is 0. The van der Waals surface area contributed by atoms with Gasteiger partial charge >= 0.3 is 0 Å². The second-order valence-corrected chi connectivity index (χ2v) is 6.28. The quantitative estimate of drug-likeness (QED) is 0.676. The zero-order chi connectivity index (χ0) is 13.8. The van der Waals surface area contributed by atoms with E-state index in [-0.39, 0.29) is 0 Å². The van der Waals surface area contributed by atoms with E-state index >= 15 is 0 Å². The van der Waals surface area contributed by atoms with E-state index in [2.05, 4.69) is 55.2 Å². The van der Waals surface area contributed by atoms with Crippen molar-refractivity contribution in [3.63, 3.8) is 0 Å². The van der Waals surface area contributed by atoms with Gasteiger partial charge in [-0.25, -0.2) is 0 Å². The van der Waals surface area contributed by atoms with Gasteiger partial charge in [0.15, 0.2) is 0 Å². The number of rotatable bonds is 1. The normalized spacial score (nSPS) is 30.7. The van der Waals surface area contributed by atoms with Crippen LogP contribution in [-0.4, -0.2) is 36.1 Å². The van der Waals surface area contributed by atoms with Gasteiger partial charge in [-0.3, -0.25) is 9.89 Å². The van der Waals surface area contributed by atoms with Gasteiger partial charge in [0.2, 0.25) is 0 Å². The Morgan fingerprint density at radius 2 is 2.11 bits per heavy atom. The van der Waals surface area contributed by atoms with Crippen molar-refractivity contribution in [3.8, 4) is 0 Å². The van der Waals surface area contributed by atoms with Crippen molar-refractivity contribution in [1.82, 2.24) is 4.90 Å². The fraction of sp³-hybridized carbons (Fsp3) is 0.438. The van der Waals surface area contributed by atoms with Crippen molar-refractivity contribution >= 4 is 17.5 Å². The molecule has 0 aromatic heterocycles. The molecule has 2 aliphatic heterocycles. The summed E-state index contributed by atoms with van der Waals surface area (Å²) in [6.45, 7) is 11.1. The zero-order valence-corrected chi connectivity index (χ0v) is 12.7. The molecule has 19 heavy (non-hydrogen) atoms. The van der Waals surface area contributed by atoms with E-state index in [9.17, 15) is 0 Å². The minimum atomic E-state index is 0.408. The lowest BCUT2D eigenvalue weighted by Crippen LogP contribution is -2.27. The lowest BCUT2D eigenvalue weighted by atomic mass is 9.97. The summed E-state index contributed by atoms with van der Waals surface area (Å²) in [5, 5.41) is 0. The predicted octanol–water partition coefficient (Wildman–Crippen LogP) is 3.80. The van der Waals surface area contributed by atoms with Gasteiger partial charge in [0.1, 0.15) is 0 Å². The number of likely N-dealkylation sites (N-methyl/N-ethyl adjacent to an activating group) is 1. The Balaban J connectivity index is 2.27. The first-order valence-electron chi connectivity index (χ1n) is 6.68. The fourth-order valence-electron chi connectivity index (χ4n) is 2.06. The van der Waals surface area contributed by atoms with Crippen molar-refractivity contribution in [2.24, 2.45) is 4.99 Å². The highest BCUT2D eigenvalue weighted by Gasteiger charge is 2.15. The van der Waals surface area contributed by atoms with Crippen LogP contribution in [-0.2, 0) is 0 Å². The van der Waals surface area contributed by atoms with Gasteiger partial charge in [-0.05, 0) is 38.5 Å². The van der Waals surface area contributed by atoms with Crippen LogP contribution in [0.15, 0.2) is 52.4 Å². The average molecular weight is 274 g/mol. The minimum absolute atomic E-state index is 0.408. The highest BCUT2D eigenvalue weighted by Crippen LogP contribution is 2.23. The summed E-state index contributed by atoms with van der Waals surface area (Å²) in [5.74, 6) is 0.970. The van der Waals surface area contributed by atoms with Crippen LogP contribution in [0.25, 0.3) is 0 Å². The summed E-state index contributed by atoms with van der Waals surface area (Å²) in [6.07, 6.45) is 8.64. The molecule has 0 fully saturated rings. The Hall–Kier alpha value is -1.06. The molecule has 2 rings (SSSR count). The third kappa shape index (κ3) is 3.95. The summed E-state index contributed by atoms with van der Waals surface area (Å²) in [6, 6.07) is 0.408. The molecule has 0 aromatic carbocycles. The Morgan fingerprint density at radius 3 is 2.79 bits per heavy atom. The molecule has 0 saturated heterocycles. The van der Waals surface area contributed by atoms with E-state index in [4.69, 9.17) is 0 Å². The molecule has 0 saturated carbocycles. The van der Waals surface area contributed by atoms with Gasteiger partial charge in [0, 0.05) is 22.5 Å². The monoisotopic (exact) mass is 274 g/mol. The van der Waals surface area contributed by atoms with Gasteiger partial charge in [-0.1, -0.05) is 30.9 Å². The summed E-state index contributed by atoms with van der Waals surface area (Å²) >= 11 is 1.78. The summed E-state index contributed by atoms with van der Waals surface area (Å²) in [7, 11) is 2.15. The summed E-state index contributed by atoms with van der Waals surface area (Å²) in [4.78, 5) is 8.09. The van der Waals surface area contributed by atoms with Crippen molar-refractivity contribution in [2.75, 3.05) is 19.5 Å². The first-order chi connectivity index (χ1) is 9.06. The predicted molar refractivity (Wildman–Crippen MR) is 86.7 cm³/mol. The van der Waals surface area contributed by atoms with E-state index in [1.807, 2.05) is 0 Å². The molecule has 2 heterocycles. The van der Waals surface area contributed by atoms with Crippen molar-refractivity contribution in [3.05, 3.63) is 47.4 Å². The molecule has 0 amide bonds. The largest absolute Gasteiger partial charge is 0.291 e. The molecular weight excluding hydrogens is 252 g/mol. The van der Waals surface area contributed by atoms with E-state index < -0.39 is 0 Å². The maximum absolute atomic E-state index is 4.66. The van der Waals surface area contributed by atoms with Crippen molar-refractivity contribution in [2.45, 2.75) is 25.8 Å².